The molecule has 124 valence electrons. The maximum atomic E-state index is 13.5. The smallest absolute Gasteiger partial charge is 0.265 e. The van der Waals surface area contributed by atoms with E-state index in [1.165, 1.54) is 0 Å². The number of hydrogen-bond donors (Lipinski definition) is 2. The predicted octanol–water partition coefficient (Wildman–Crippen LogP) is 3.66. The van der Waals surface area contributed by atoms with Crippen molar-refractivity contribution in [2.24, 2.45) is 0 Å². The van der Waals surface area contributed by atoms with E-state index < -0.39 is 7.37 Å². The van der Waals surface area contributed by atoms with Crippen molar-refractivity contribution >= 4 is 18.0 Å². The van der Waals surface area contributed by atoms with Gasteiger partial charge in [0.2, 0.25) is 0 Å². The summed E-state index contributed by atoms with van der Waals surface area (Å²) in [7, 11) is -3.47. The molecule has 0 aromatic heterocycles. The molecule has 0 fully saturated rings. The summed E-state index contributed by atoms with van der Waals surface area (Å²) in [6.45, 7) is 7.77. The topological polar surface area (TPSA) is 66.8 Å². The molecule has 0 spiro atoms. The molecule has 4 nitrogen and oxygen atoms in total. The molecule has 0 heterocycles. The van der Waals surface area contributed by atoms with Gasteiger partial charge >= 0.3 is 0 Å². The van der Waals surface area contributed by atoms with Gasteiger partial charge in [0.1, 0.15) is 0 Å². The van der Waals surface area contributed by atoms with Crippen molar-refractivity contribution in [1.82, 2.24) is 0 Å². The molecule has 2 aromatic rings. The highest BCUT2D eigenvalue weighted by Gasteiger charge is 2.34. The molecule has 1 atom stereocenters. The van der Waals surface area contributed by atoms with E-state index in [0.29, 0.717) is 10.9 Å². The Morgan fingerprint density at radius 3 is 2.13 bits per heavy atom. The van der Waals surface area contributed by atoms with Crippen molar-refractivity contribution in [2.45, 2.75) is 33.1 Å². The third-order valence-electron chi connectivity index (χ3n) is 3.66. The molecule has 5 heteroatoms. The number of rotatable bonds is 4. The van der Waals surface area contributed by atoms with Crippen molar-refractivity contribution in [3.05, 3.63) is 48.0 Å². The Labute approximate surface area is 137 Å². The van der Waals surface area contributed by atoms with Crippen LogP contribution in [0, 0.1) is 0 Å². The molecule has 1 unspecified atom stereocenters. The quantitative estimate of drug-likeness (QED) is 0.661. The molecule has 0 amide bonds. The van der Waals surface area contributed by atoms with E-state index in [9.17, 15) is 14.8 Å². The Hall–Kier alpha value is -1.77. The van der Waals surface area contributed by atoms with E-state index in [2.05, 4.69) is 0 Å². The van der Waals surface area contributed by atoms with Crippen LogP contribution in [-0.2, 0) is 14.5 Å². The van der Waals surface area contributed by atoms with Gasteiger partial charge < -0.3 is 14.7 Å². The van der Waals surface area contributed by atoms with E-state index in [4.69, 9.17) is 4.52 Å². The minimum atomic E-state index is -3.47. The van der Waals surface area contributed by atoms with Crippen LogP contribution in [0.3, 0.4) is 0 Å². The summed E-state index contributed by atoms with van der Waals surface area (Å²) in [5.41, 5.74) is 0.248. The predicted molar refractivity (Wildman–Crippen MR) is 93.4 cm³/mol. The van der Waals surface area contributed by atoms with Gasteiger partial charge in [0.25, 0.3) is 7.37 Å². The summed E-state index contributed by atoms with van der Waals surface area (Å²) in [6, 6.07) is 12.0. The van der Waals surface area contributed by atoms with Gasteiger partial charge in [-0.25, -0.2) is 0 Å². The molecule has 0 aliphatic rings. The third kappa shape index (κ3) is 3.29. The van der Waals surface area contributed by atoms with Crippen molar-refractivity contribution in [3.63, 3.8) is 0 Å². The van der Waals surface area contributed by atoms with E-state index >= 15 is 0 Å². The summed E-state index contributed by atoms with van der Waals surface area (Å²) >= 11 is 0. The average Bonchev–Trinajstić information content (AvgIpc) is 2.49. The highest BCUT2D eigenvalue weighted by atomic mass is 31.2. The number of benzene rings is 2. The second kappa shape index (κ2) is 6.38. The fourth-order valence-corrected chi connectivity index (χ4v) is 4.65. The Bertz CT molecular complexity index is 733. The van der Waals surface area contributed by atoms with Gasteiger partial charge in [0, 0.05) is 10.9 Å². The van der Waals surface area contributed by atoms with Crippen LogP contribution in [-0.4, -0.2) is 16.8 Å². The fourth-order valence-electron chi connectivity index (χ4n) is 2.50. The first kappa shape index (κ1) is 17.6. The number of phenols is 2. The van der Waals surface area contributed by atoms with Crippen LogP contribution >= 0.6 is 7.37 Å². The van der Waals surface area contributed by atoms with Gasteiger partial charge in [-0.2, -0.15) is 0 Å². The summed E-state index contributed by atoms with van der Waals surface area (Å²) in [5.74, 6) is -0.621. The van der Waals surface area contributed by atoms with E-state index in [-0.39, 0.29) is 28.8 Å². The van der Waals surface area contributed by atoms with Crippen molar-refractivity contribution in [1.29, 1.82) is 0 Å². The molecular formula is C18H23O4P. The lowest BCUT2D eigenvalue weighted by Crippen LogP contribution is -2.20. The highest BCUT2D eigenvalue weighted by Crippen LogP contribution is 2.50. The first-order valence-corrected chi connectivity index (χ1v) is 9.20. The van der Waals surface area contributed by atoms with Gasteiger partial charge in [0.05, 0.1) is 11.9 Å². The molecule has 0 saturated carbocycles. The summed E-state index contributed by atoms with van der Waals surface area (Å²) in [4.78, 5) is 0. The lowest BCUT2D eigenvalue weighted by Gasteiger charge is -2.24. The lowest BCUT2D eigenvalue weighted by atomic mass is 9.86. The third-order valence-corrected chi connectivity index (χ3v) is 6.26. The second-order valence-electron chi connectivity index (χ2n) is 6.38. The number of hydrogen-bond acceptors (Lipinski definition) is 4. The maximum absolute atomic E-state index is 13.5. The molecule has 0 aliphatic carbocycles. The summed E-state index contributed by atoms with van der Waals surface area (Å²) in [5, 5.41) is 21.4. The molecule has 0 radical (unpaired) electrons. The monoisotopic (exact) mass is 334 g/mol. The van der Waals surface area contributed by atoms with E-state index in [1.807, 2.05) is 26.8 Å². The van der Waals surface area contributed by atoms with Crippen LogP contribution in [0.15, 0.2) is 42.5 Å². The molecular weight excluding hydrogens is 311 g/mol. The van der Waals surface area contributed by atoms with Gasteiger partial charge in [-0.3, -0.25) is 4.57 Å². The summed E-state index contributed by atoms with van der Waals surface area (Å²) in [6.07, 6.45) is 0. The van der Waals surface area contributed by atoms with Crippen molar-refractivity contribution in [3.8, 4) is 11.5 Å². The number of phenolic OH excluding ortho intramolecular Hbond substituents is 2. The Morgan fingerprint density at radius 1 is 1.00 bits per heavy atom. The lowest BCUT2D eigenvalue weighted by molar-refractivity contribution is 0.345. The molecule has 2 N–H and O–H groups in total. The molecule has 0 bridgehead atoms. The summed E-state index contributed by atoms with van der Waals surface area (Å²) < 4.78 is 19.0. The SMILES string of the molecule is CCOP(=O)(c1ccccc1)c1ccc(C(C)(C)C)c(O)c1O. The molecule has 0 aliphatic heterocycles. The Kier molecular flexibility index (Phi) is 4.88. The van der Waals surface area contributed by atoms with E-state index in [1.54, 1.807) is 43.3 Å². The van der Waals surface area contributed by atoms with Gasteiger partial charge in [-0.05, 0) is 30.5 Å². The van der Waals surface area contributed by atoms with Crippen LogP contribution in [0.1, 0.15) is 33.3 Å². The molecule has 23 heavy (non-hydrogen) atoms. The van der Waals surface area contributed by atoms with Gasteiger partial charge in [0.15, 0.2) is 11.5 Å². The van der Waals surface area contributed by atoms with Crippen LogP contribution in [0.25, 0.3) is 0 Å². The zero-order valence-electron chi connectivity index (χ0n) is 13.9. The van der Waals surface area contributed by atoms with Crippen molar-refractivity contribution in [2.75, 3.05) is 6.61 Å². The number of aromatic hydroxyl groups is 2. The van der Waals surface area contributed by atoms with Gasteiger partial charge in [-0.1, -0.05) is 45.0 Å². The van der Waals surface area contributed by atoms with Crippen molar-refractivity contribution < 1.29 is 19.3 Å². The van der Waals surface area contributed by atoms with Crippen LogP contribution < -0.4 is 10.6 Å². The standard InChI is InChI=1S/C18H23O4P/c1-5-22-23(21,13-9-7-6-8-10-13)15-12-11-14(18(2,3)4)16(19)17(15)20/h6-12,19-20H,5H2,1-4H3. The highest BCUT2D eigenvalue weighted by molar-refractivity contribution is 7.74. The fraction of sp³-hybridized carbons (Fsp3) is 0.333. The average molecular weight is 334 g/mol. The normalized spacial score (nSPS) is 14.4. The van der Waals surface area contributed by atoms with Gasteiger partial charge in [-0.15, -0.1) is 0 Å². The molecule has 2 rings (SSSR count). The largest absolute Gasteiger partial charge is 0.504 e. The Balaban J connectivity index is 2.67. The Morgan fingerprint density at radius 2 is 1.61 bits per heavy atom. The zero-order valence-corrected chi connectivity index (χ0v) is 14.8. The van der Waals surface area contributed by atoms with Crippen LogP contribution in [0.2, 0.25) is 0 Å². The first-order chi connectivity index (χ1) is 10.7. The zero-order chi connectivity index (χ0) is 17.3. The van der Waals surface area contributed by atoms with Crippen LogP contribution in [0.4, 0.5) is 0 Å². The van der Waals surface area contributed by atoms with E-state index in [0.717, 1.165) is 0 Å². The second-order valence-corrected chi connectivity index (χ2v) is 8.74. The maximum Gasteiger partial charge on any atom is 0.265 e. The molecule has 0 saturated heterocycles. The minimum absolute atomic E-state index is 0.121. The minimum Gasteiger partial charge on any atom is -0.504 e. The molecule has 2 aromatic carbocycles. The van der Waals surface area contributed by atoms with Crippen LogP contribution in [0.5, 0.6) is 11.5 Å². The first-order valence-electron chi connectivity index (χ1n) is 7.58.